The minimum Gasteiger partial charge on any atom is -0.359 e. The molecule has 1 aromatic heterocycles. The molecule has 0 saturated carbocycles. The first kappa shape index (κ1) is 13.0. The molecular formula is C12H20N4O2. The zero-order valence-electron chi connectivity index (χ0n) is 10.8. The lowest BCUT2D eigenvalue weighted by atomic mass is 9.92. The van der Waals surface area contributed by atoms with Crippen molar-refractivity contribution in [1.29, 1.82) is 0 Å². The van der Waals surface area contributed by atoms with Gasteiger partial charge in [0, 0.05) is 12.1 Å². The van der Waals surface area contributed by atoms with Gasteiger partial charge in [-0.3, -0.25) is 15.1 Å². The predicted octanol–water partition coefficient (Wildman–Crippen LogP) is 0.898. The Hall–Kier alpha value is -1.40. The van der Waals surface area contributed by atoms with Crippen LogP contribution >= 0.6 is 0 Å². The molecule has 6 heteroatoms. The Morgan fingerprint density at radius 2 is 2.44 bits per heavy atom. The molecule has 2 atom stereocenters. The zero-order valence-corrected chi connectivity index (χ0v) is 10.8. The van der Waals surface area contributed by atoms with Gasteiger partial charge in [0.1, 0.15) is 0 Å². The second-order valence-electron chi connectivity index (χ2n) is 4.98. The maximum atomic E-state index is 11.3. The number of hydrogen-bond donors (Lipinski definition) is 2. The zero-order chi connectivity index (χ0) is 13.1. The molecule has 1 aromatic rings. The summed E-state index contributed by atoms with van der Waals surface area (Å²) in [5, 5.41) is 3.70. The maximum Gasteiger partial charge on any atom is 0.287 e. The maximum absolute atomic E-state index is 11.3. The fraction of sp³-hybridized carbons (Fsp3) is 0.667. The van der Waals surface area contributed by atoms with Crippen LogP contribution in [0.15, 0.2) is 10.6 Å². The number of nitrogen functional groups attached to an aromatic ring is 1. The number of nitrogens with two attached hydrogens (primary N) is 1. The molecule has 0 bridgehead atoms. The molecule has 2 rings (SSSR count). The Morgan fingerprint density at radius 3 is 3.17 bits per heavy atom. The third-order valence-corrected chi connectivity index (χ3v) is 3.79. The molecule has 0 aliphatic carbocycles. The van der Waals surface area contributed by atoms with Crippen molar-refractivity contribution in [2.24, 2.45) is 11.8 Å². The lowest BCUT2D eigenvalue weighted by molar-refractivity contribution is 0.0935. The van der Waals surface area contributed by atoms with Crippen LogP contribution in [0, 0.1) is 5.92 Å². The summed E-state index contributed by atoms with van der Waals surface area (Å²) >= 11 is 0. The minimum absolute atomic E-state index is 0.227. The number of aromatic nitrogens is 1. The van der Waals surface area contributed by atoms with E-state index < -0.39 is 5.91 Å². The SMILES string of the molecule is CC1CCCN(Cc2cc(C(=O)NN)no2)C1C. The molecule has 1 amide bonds. The third-order valence-electron chi connectivity index (χ3n) is 3.79. The van der Waals surface area contributed by atoms with Crippen LogP contribution in [0.5, 0.6) is 0 Å². The van der Waals surface area contributed by atoms with Crippen LogP contribution in [0.1, 0.15) is 42.9 Å². The van der Waals surface area contributed by atoms with Crippen molar-refractivity contribution in [3.05, 3.63) is 17.5 Å². The third kappa shape index (κ3) is 2.70. The first-order valence-electron chi connectivity index (χ1n) is 6.32. The van der Waals surface area contributed by atoms with Crippen LogP contribution < -0.4 is 11.3 Å². The van der Waals surface area contributed by atoms with Gasteiger partial charge in [0.15, 0.2) is 11.5 Å². The highest BCUT2D eigenvalue weighted by Crippen LogP contribution is 2.24. The monoisotopic (exact) mass is 252 g/mol. The van der Waals surface area contributed by atoms with Gasteiger partial charge in [0.25, 0.3) is 5.91 Å². The second kappa shape index (κ2) is 5.49. The van der Waals surface area contributed by atoms with Gasteiger partial charge in [0.05, 0.1) is 6.54 Å². The molecule has 6 nitrogen and oxygen atoms in total. The van der Waals surface area contributed by atoms with Gasteiger partial charge in [-0.25, -0.2) is 5.84 Å². The second-order valence-corrected chi connectivity index (χ2v) is 4.98. The van der Waals surface area contributed by atoms with E-state index >= 15 is 0 Å². The van der Waals surface area contributed by atoms with Crippen LogP contribution in [-0.4, -0.2) is 28.6 Å². The quantitative estimate of drug-likeness (QED) is 0.474. The minimum atomic E-state index is -0.426. The van der Waals surface area contributed by atoms with E-state index in [2.05, 4.69) is 23.9 Å². The summed E-state index contributed by atoms with van der Waals surface area (Å²) in [4.78, 5) is 13.6. The van der Waals surface area contributed by atoms with Crippen molar-refractivity contribution >= 4 is 5.91 Å². The number of rotatable bonds is 3. The summed E-state index contributed by atoms with van der Waals surface area (Å²) in [6, 6.07) is 2.17. The highest BCUT2D eigenvalue weighted by Gasteiger charge is 2.25. The van der Waals surface area contributed by atoms with Gasteiger partial charge in [-0.2, -0.15) is 0 Å². The van der Waals surface area contributed by atoms with Gasteiger partial charge >= 0.3 is 0 Å². The Balaban J connectivity index is 2.00. The predicted molar refractivity (Wildman–Crippen MR) is 66.4 cm³/mol. The van der Waals surface area contributed by atoms with Gasteiger partial charge in [0.2, 0.25) is 0 Å². The van der Waals surface area contributed by atoms with Crippen LogP contribution in [0.2, 0.25) is 0 Å². The van der Waals surface area contributed by atoms with Crippen molar-refractivity contribution in [2.45, 2.75) is 39.3 Å². The summed E-state index contributed by atoms with van der Waals surface area (Å²) in [5.41, 5.74) is 2.27. The van der Waals surface area contributed by atoms with Crippen molar-refractivity contribution in [2.75, 3.05) is 6.54 Å². The number of nitrogens with one attached hydrogen (secondary N) is 1. The summed E-state index contributed by atoms with van der Waals surface area (Å²) in [6.45, 7) is 6.25. The lowest BCUT2D eigenvalue weighted by Crippen LogP contribution is -2.41. The number of carbonyl (C=O) groups excluding carboxylic acids is 1. The first-order chi connectivity index (χ1) is 8.61. The van der Waals surface area contributed by atoms with Crippen LogP contribution in [-0.2, 0) is 6.54 Å². The first-order valence-corrected chi connectivity index (χ1v) is 6.32. The highest BCUT2D eigenvalue weighted by atomic mass is 16.5. The molecular weight excluding hydrogens is 232 g/mol. The van der Waals surface area contributed by atoms with E-state index in [1.165, 1.54) is 12.8 Å². The van der Waals surface area contributed by atoms with Gasteiger partial charge in [-0.1, -0.05) is 12.1 Å². The van der Waals surface area contributed by atoms with Gasteiger partial charge in [-0.15, -0.1) is 0 Å². The summed E-state index contributed by atoms with van der Waals surface area (Å²) in [7, 11) is 0. The van der Waals surface area contributed by atoms with Crippen LogP contribution in [0.25, 0.3) is 0 Å². The molecule has 1 aliphatic rings. The fourth-order valence-corrected chi connectivity index (χ4v) is 2.41. The number of hydrogen-bond acceptors (Lipinski definition) is 5. The van der Waals surface area contributed by atoms with Crippen LogP contribution in [0.3, 0.4) is 0 Å². The van der Waals surface area contributed by atoms with E-state index in [1.807, 2.05) is 5.43 Å². The van der Waals surface area contributed by atoms with Crippen molar-refractivity contribution in [3.8, 4) is 0 Å². The smallest absolute Gasteiger partial charge is 0.287 e. The number of nitrogens with zero attached hydrogens (tertiary/aromatic N) is 2. The molecule has 0 aromatic carbocycles. The Morgan fingerprint density at radius 1 is 1.67 bits per heavy atom. The topological polar surface area (TPSA) is 84.4 Å². The number of carbonyl (C=O) groups is 1. The normalized spacial score (nSPS) is 25.1. The molecule has 3 N–H and O–H groups in total. The number of likely N-dealkylation sites (tertiary alicyclic amines) is 1. The van der Waals surface area contributed by atoms with Crippen LogP contribution in [0.4, 0.5) is 0 Å². The Labute approximate surface area is 106 Å². The van der Waals surface area contributed by atoms with Crippen molar-refractivity contribution < 1.29 is 9.32 Å². The van der Waals surface area contributed by atoms with Gasteiger partial charge < -0.3 is 4.52 Å². The number of hydrazine groups is 1. The van der Waals surface area contributed by atoms with E-state index in [-0.39, 0.29) is 5.69 Å². The average Bonchev–Trinajstić information content (AvgIpc) is 2.82. The van der Waals surface area contributed by atoms with E-state index in [0.29, 0.717) is 24.3 Å². The Kier molecular flexibility index (Phi) is 3.98. The molecule has 2 heterocycles. The molecule has 1 aliphatic heterocycles. The molecule has 2 unspecified atom stereocenters. The highest BCUT2D eigenvalue weighted by molar-refractivity contribution is 5.91. The molecule has 100 valence electrons. The van der Waals surface area contributed by atoms with E-state index in [1.54, 1.807) is 6.07 Å². The molecule has 0 spiro atoms. The molecule has 0 radical (unpaired) electrons. The van der Waals surface area contributed by atoms with E-state index in [4.69, 9.17) is 10.4 Å². The largest absolute Gasteiger partial charge is 0.359 e. The van der Waals surface area contributed by atoms with Crippen molar-refractivity contribution in [1.82, 2.24) is 15.5 Å². The number of amides is 1. The summed E-state index contributed by atoms with van der Waals surface area (Å²) < 4.78 is 5.17. The Bertz CT molecular complexity index is 418. The summed E-state index contributed by atoms with van der Waals surface area (Å²) in [5.74, 6) is 6.01. The standard InChI is InChI=1S/C12H20N4O2/c1-8-4-3-5-16(9(8)2)7-10-6-11(15-18-10)12(17)14-13/h6,8-9H,3-5,7,13H2,1-2H3,(H,14,17). The molecule has 1 saturated heterocycles. The van der Waals surface area contributed by atoms with Crippen molar-refractivity contribution in [3.63, 3.8) is 0 Å². The lowest BCUT2D eigenvalue weighted by Gasteiger charge is -2.37. The van der Waals surface area contributed by atoms with E-state index in [9.17, 15) is 4.79 Å². The average molecular weight is 252 g/mol. The fourth-order valence-electron chi connectivity index (χ4n) is 2.41. The van der Waals surface area contributed by atoms with E-state index in [0.717, 1.165) is 6.54 Å². The summed E-state index contributed by atoms with van der Waals surface area (Å²) in [6.07, 6.45) is 2.48. The van der Waals surface area contributed by atoms with Gasteiger partial charge in [-0.05, 0) is 32.2 Å². The molecule has 18 heavy (non-hydrogen) atoms. The molecule has 1 fully saturated rings. The number of piperidine rings is 1.